The highest BCUT2D eigenvalue weighted by atomic mass is 19.4. The zero-order chi connectivity index (χ0) is 9.64. The molecule has 1 aliphatic carbocycles. The predicted octanol–water partition coefficient (Wildman–Crippen LogP) is 2.32. The van der Waals surface area contributed by atoms with Crippen molar-refractivity contribution in [3.05, 3.63) is 17.5 Å². The molecule has 1 saturated carbocycles. The average molecular weight is 190 g/mol. The molecule has 0 aliphatic heterocycles. The molecule has 1 aromatic heterocycles. The van der Waals surface area contributed by atoms with Gasteiger partial charge < -0.3 is 0 Å². The minimum absolute atomic E-state index is 0.0733. The molecule has 5 heteroatoms. The molecular weight excluding hydrogens is 181 g/mol. The first kappa shape index (κ1) is 8.59. The predicted molar refractivity (Wildman–Crippen MR) is 40.2 cm³/mol. The topological polar surface area (TPSA) is 17.8 Å². The van der Waals surface area contributed by atoms with Crippen LogP contribution in [0.3, 0.4) is 0 Å². The maximum atomic E-state index is 12.4. The van der Waals surface area contributed by atoms with E-state index in [2.05, 4.69) is 5.10 Å². The van der Waals surface area contributed by atoms with Crippen molar-refractivity contribution in [3.8, 4) is 0 Å². The van der Waals surface area contributed by atoms with Gasteiger partial charge >= 0.3 is 6.18 Å². The Bertz CT molecular complexity index is 323. The summed E-state index contributed by atoms with van der Waals surface area (Å²) in [6.45, 7) is 0. The number of aryl methyl sites for hydroxylation is 1. The highest BCUT2D eigenvalue weighted by Gasteiger charge is 2.40. The summed E-state index contributed by atoms with van der Waals surface area (Å²) in [6, 6.07) is 0. The molecule has 0 amide bonds. The standard InChI is InChI=1S/C8H9F3N2/c1-13-7(5-2-3-5)6(4-12-13)8(9,10)11/h4-5H,2-3H2,1H3. The summed E-state index contributed by atoms with van der Waals surface area (Å²) in [6.07, 6.45) is -1.65. The van der Waals surface area contributed by atoms with E-state index in [0.717, 1.165) is 19.0 Å². The number of hydrogen-bond acceptors (Lipinski definition) is 1. The highest BCUT2D eigenvalue weighted by Crippen LogP contribution is 2.45. The molecule has 0 spiro atoms. The SMILES string of the molecule is Cn1ncc(C(F)(F)F)c1C1CC1. The van der Waals surface area contributed by atoms with Crippen LogP contribution in [0.4, 0.5) is 13.2 Å². The van der Waals surface area contributed by atoms with Gasteiger partial charge in [0.1, 0.15) is 0 Å². The minimum atomic E-state index is -4.26. The highest BCUT2D eigenvalue weighted by molar-refractivity contribution is 5.27. The summed E-state index contributed by atoms with van der Waals surface area (Å²) in [5.41, 5.74) is -0.231. The van der Waals surface area contributed by atoms with Crippen LogP contribution in [0.2, 0.25) is 0 Å². The van der Waals surface area contributed by atoms with Crippen molar-refractivity contribution >= 4 is 0 Å². The second-order valence-electron chi connectivity index (χ2n) is 3.34. The van der Waals surface area contributed by atoms with Crippen LogP contribution in [-0.2, 0) is 13.2 Å². The maximum Gasteiger partial charge on any atom is 0.419 e. The molecule has 1 aromatic rings. The third-order valence-electron chi connectivity index (χ3n) is 2.25. The molecule has 1 fully saturated rings. The largest absolute Gasteiger partial charge is 0.419 e. The zero-order valence-corrected chi connectivity index (χ0v) is 7.10. The summed E-state index contributed by atoms with van der Waals surface area (Å²) < 4.78 is 38.5. The molecule has 2 nitrogen and oxygen atoms in total. The molecule has 0 unspecified atom stereocenters. The van der Waals surface area contributed by atoms with Crippen LogP contribution < -0.4 is 0 Å². The molecule has 13 heavy (non-hydrogen) atoms. The van der Waals surface area contributed by atoms with Gasteiger partial charge in [-0.2, -0.15) is 18.3 Å². The Balaban J connectivity index is 2.45. The van der Waals surface area contributed by atoms with Gasteiger partial charge in [0.25, 0.3) is 0 Å². The van der Waals surface area contributed by atoms with E-state index in [1.54, 1.807) is 7.05 Å². The van der Waals surface area contributed by atoms with E-state index in [4.69, 9.17) is 0 Å². The minimum Gasteiger partial charge on any atom is -0.272 e. The molecule has 1 aliphatic rings. The maximum absolute atomic E-state index is 12.4. The lowest BCUT2D eigenvalue weighted by molar-refractivity contribution is -0.138. The van der Waals surface area contributed by atoms with E-state index in [1.165, 1.54) is 4.68 Å². The van der Waals surface area contributed by atoms with Gasteiger partial charge in [0.15, 0.2) is 0 Å². The molecule has 0 aromatic carbocycles. The van der Waals surface area contributed by atoms with E-state index < -0.39 is 11.7 Å². The number of halogens is 3. The molecule has 0 N–H and O–H groups in total. The van der Waals surface area contributed by atoms with Gasteiger partial charge in [0.2, 0.25) is 0 Å². The number of aromatic nitrogens is 2. The Morgan fingerprint density at radius 2 is 2.08 bits per heavy atom. The van der Waals surface area contributed by atoms with Crippen molar-refractivity contribution in [3.63, 3.8) is 0 Å². The average Bonchev–Trinajstić information content (AvgIpc) is 2.73. The van der Waals surface area contributed by atoms with Crippen molar-refractivity contribution in [1.82, 2.24) is 9.78 Å². The molecular formula is C8H9F3N2. The van der Waals surface area contributed by atoms with Crippen LogP contribution in [0.1, 0.15) is 30.0 Å². The second-order valence-corrected chi connectivity index (χ2v) is 3.34. The van der Waals surface area contributed by atoms with Crippen LogP contribution in [-0.4, -0.2) is 9.78 Å². The first-order valence-corrected chi connectivity index (χ1v) is 4.09. The summed E-state index contributed by atoms with van der Waals surface area (Å²) in [5.74, 6) is 0.0733. The Morgan fingerprint density at radius 3 is 2.54 bits per heavy atom. The van der Waals surface area contributed by atoms with E-state index in [0.29, 0.717) is 5.69 Å². The first-order chi connectivity index (χ1) is 6.00. The lowest BCUT2D eigenvalue weighted by atomic mass is 10.2. The van der Waals surface area contributed by atoms with Crippen molar-refractivity contribution in [2.45, 2.75) is 24.9 Å². The smallest absolute Gasteiger partial charge is 0.272 e. The van der Waals surface area contributed by atoms with Crippen LogP contribution >= 0.6 is 0 Å². The van der Waals surface area contributed by atoms with Crippen LogP contribution in [0.25, 0.3) is 0 Å². The quantitative estimate of drug-likeness (QED) is 0.664. The number of hydrogen-bond donors (Lipinski definition) is 0. The summed E-state index contributed by atoms with van der Waals surface area (Å²) >= 11 is 0. The van der Waals surface area contributed by atoms with E-state index in [1.807, 2.05) is 0 Å². The Kier molecular flexibility index (Phi) is 1.65. The van der Waals surface area contributed by atoms with Gasteiger partial charge in [0, 0.05) is 13.0 Å². The van der Waals surface area contributed by atoms with Crippen molar-refractivity contribution in [2.24, 2.45) is 7.05 Å². The lowest BCUT2D eigenvalue weighted by Gasteiger charge is -2.07. The van der Waals surface area contributed by atoms with Gasteiger partial charge in [-0.05, 0) is 12.8 Å². The monoisotopic (exact) mass is 190 g/mol. The molecule has 72 valence electrons. The van der Waals surface area contributed by atoms with E-state index in [9.17, 15) is 13.2 Å². The van der Waals surface area contributed by atoms with Gasteiger partial charge in [-0.1, -0.05) is 0 Å². The second kappa shape index (κ2) is 2.49. The van der Waals surface area contributed by atoms with Crippen molar-refractivity contribution < 1.29 is 13.2 Å². The normalized spacial score (nSPS) is 17.8. The Hall–Kier alpha value is -1.00. The van der Waals surface area contributed by atoms with Gasteiger partial charge in [-0.25, -0.2) is 0 Å². The first-order valence-electron chi connectivity index (χ1n) is 4.09. The zero-order valence-electron chi connectivity index (χ0n) is 7.10. The number of nitrogens with zero attached hydrogens (tertiary/aromatic N) is 2. The third kappa shape index (κ3) is 1.43. The van der Waals surface area contributed by atoms with Gasteiger partial charge in [-0.15, -0.1) is 0 Å². The Labute approximate surface area is 73.4 Å². The molecule has 2 rings (SSSR count). The van der Waals surface area contributed by atoms with Crippen molar-refractivity contribution in [1.29, 1.82) is 0 Å². The molecule has 0 radical (unpaired) electrons. The molecule has 0 bridgehead atoms. The van der Waals surface area contributed by atoms with Crippen LogP contribution in [0, 0.1) is 0 Å². The lowest BCUT2D eigenvalue weighted by Crippen LogP contribution is -2.08. The van der Waals surface area contributed by atoms with Crippen LogP contribution in [0.5, 0.6) is 0 Å². The molecule has 0 saturated heterocycles. The van der Waals surface area contributed by atoms with Crippen molar-refractivity contribution in [2.75, 3.05) is 0 Å². The summed E-state index contributed by atoms with van der Waals surface area (Å²) in [5, 5.41) is 3.64. The van der Waals surface area contributed by atoms with Gasteiger partial charge in [0.05, 0.1) is 17.5 Å². The number of rotatable bonds is 1. The van der Waals surface area contributed by atoms with E-state index in [-0.39, 0.29) is 5.92 Å². The molecule has 1 heterocycles. The van der Waals surface area contributed by atoms with Crippen LogP contribution in [0.15, 0.2) is 6.20 Å². The van der Waals surface area contributed by atoms with Gasteiger partial charge in [-0.3, -0.25) is 4.68 Å². The fourth-order valence-electron chi connectivity index (χ4n) is 1.51. The fraction of sp³-hybridized carbons (Fsp3) is 0.625. The Morgan fingerprint density at radius 1 is 1.46 bits per heavy atom. The summed E-state index contributed by atoms with van der Waals surface area (Å²) in [4.78, 5) is 0. The van der Waals surface area contributed by atoms with E-state index >= 15 is 0 Å². The third-order valence-corrected chi connectivity index (χ3v) is 2.25. The molecule has 0 atom stereocenters. The fourth-order valence-corrected chi connectivity index (χ4v) is 1.51. The number of alkyl halides is 3. The summed E-state index contributed by atoms with van der Waals surface area (Å²) in [7, 11) is 1.56.